The van der Waals surface area contributed by atoms with Gasteiger partial charge in [-0.25, -0.2) is 0 Å². The summed E-state index contributed by atoms with van der Waals surface area (Å²) in [6.07, 6.45) is -0.255. The fourth-order valence-electron chi connectivity index (χ4n) is 2.94. The van der Waals surface area contributed by atoms with E-state index in [0.717, 1.165) is 0 Å². The third kappa shape index (κ3) is 5.88. The molecule has 0 aromatic heterocycles. The van der Waals surface area contributed by atoms with Gasteiger partial charge in [-0.1, -0.05) is 0 Å². The quantitative estimate of drug-likeness (QED) is 0.339. The third-order valence-corrected chi connectivity index (χ3v) is 7.68. The second-order valence-electron chi connectivity index (χ2n) is 6.93. The van der Waals surface area contributed by atoms with Crippen LogP contribution in [0.1, 0.15) is 13.8 Å². The van der Waals surface area contributed by atoms with Crippen molar-refractivity contribution in [3.8, 4) is 34.5 Å². The minimum absolute atomic E-state index is 0.255. The van der Waals surface area contributed by atoms with Crippen molar-refractivity contribution in [1.29, 1.82) is 0 Å². The van der Waals surface area contributed by atoms with Crippen molar-refractivity contribution >= 4 is 0 Å². The maximum atomic E-state index is 6.43. The van der Waals surface area contributed by atoms with Crippen molar-refractivity contribution in [1.82, 2.24) is 0 Å². The molecular formula is C24H28O7Ti. The molecule has 0 saturated heterocycles. The molecule has 0 N–H and O–H groups in total. The molecule has 0 radical (unpaired) electrons. The van der Waals surface area contributed by atoms with Crippen molar-refractivity contribution < 1.29 is 45.6 Å². The van der Waals surface area contributed by atoms with E-state index in [2.05, 4.69) is 0 Å². The molecule has 0 aliphatic heterocycles. The number of hydrogen-bond donors (Lipinski definition) is 0. The molecule has 0 aliphatic carbocycles. The van der Waals surface area contributed by atoms with Crippen molar-refractivity contribution in [2.75, 3.05) is 21.3 Å². The Bertz CT molecular complexity index is 888. The second-order valence-corrected chi connectivity index (χ2v) is 9.81. The Morgan fingerprint density at radius 1 is 0.500 bits per heavy atom. The number of para-hydroxylation sites is 6. The molecule has 7 nitrogen and oxygen atoms in total. The van der Waals surface area contributed by atoms with Gasteiger partial charge in [-0.15, -0.1) is 0 Å². The summed E-state index contributed by atoms with van der Waals surface area (Å²) in [5.41, 5.74) is 0. The van der Waals surface area contributed by atoms with Crippen LogP contribution in [0, 0.1) is 0 Å². The maximum absolute atomic E-state index is 6.43. The van der Waals surface area contributed by atoms with E-state index in [1.54, 1.807) is 57.7 Å². The van der Waals surface area contributed by atoms with Crippen molar-refractivity contribution in [3.05, 3.63) is 72.8 Å². The van der Waals surface area contributed by atoms with Gasteiger partial charge in [-0.3, -0.25) is 0 Å². The predicted molar refractivity (Wildman–Crippen MR) is 117 cm³/mol. The summed E-state index contributed by atoms with van der Waals surface area (Å²) < 4.78 is 42.0. The van der Waals surface area contributed by atoms with E-state index in [0.29, 0.717) is 34.5 Å². The zero-order valence-electron chi connectivity index (χ0n) is 18.9. The van der Waals surface area contributed by atoms with E-state index in [1.165, 1.54) is 0 Å². The Labute approximate surface area is 194 Å². The molecule has 170 valence electrons. The summed E-state index contributed by atoms with van der Waals surface area (Å²) in [7, 11) is 4.72. The summed E-state index contributed by atoms with van der Waals surface area (Å²) in [5, 5.41) is 0. The van der Waals surface area contributed by atoms with E-state index < -0.39 is 18.1 Å². The molecule has 8 heteroatoms. The molecule has 0 spiro atoms. The van der Waals surface area contributed by atoms with Gasteiger partial charge >= 0.3 is 194 Å². The Balaban J connectivity index is 2.12. The number of benzene rings is 3. The topological polar surface area (TPSA) is 64.6 Å². The average molecular weight is 476 g/mol. The number of methoxy groups -OCH3 is 3. The molecule has 0 unspecified atom stereocenters. The number of hydrogen-bond acceptors (Lipinski definition) is 7. The molecule has 32 heavy (non-hydrogen) atoms. The fraction of sp³-hybridized carbons (Fsp3) is 0.250. The van der Waals surface area contributed by atoms with Crippen LogP contribution in [0.2, 0.25) is 0 Å². The van der Waals surface area contributed by atoms with Gasteiger partial charge in [0.25, 0.3) is 0 Å². The molecule has 0 atom stereocenters. The molecule has 3 rings (SSSR count). The molecule has 0 saturated carbocycles. The van der Waals surface area contributed by atoms with Gasteiger partial charge < -0.3 is 0 Å². The van der Waals surface area contributed by atoms with Gasteiger partial charge in [-0.2, -0.15) is 0 Å². The molecule has 0 bridgehead atoms. The van der Waals surface area contributed by atoms with E-state index in [4.69, 9.17) is 27.5 Å². The molecule has 0 aliphatic rings. The van der Waals surface area contributed by atoms with Crippen LogP contribution in [-0.4, -0.2) is 27.4 Å². The SMILES string of the molecule is COc1ccccc1[O][Ti]([O]c1ccccc1OC)([O]c1ccccc1OC)[O]C(C)C. The zero-order valence-corrected chi connectivity index (χ0v) is 20.4. The van der Waals surface area contributed by atoms with Crippen LogP contribution in [0.3, 0.4) is 0 Å². The van der Waals surface area contributed by atoms with Crippen LogP contribution < -0.4 is 24.2 Å². The standard InChI is InChI=1S/3C7H8O2.C3H7O.Ti/c3*1-9-7-5-3-2-4-6(7)8;1-3(2)4;/h3*2-5,8H,1H3;3H,1-2H3;/q;;;-1;+4/p-3. The summed E-state index contributed by atoms with van der Waals surface area (Å²) in [6, 6.07) is 21.8. The summed E-state index contributed by atoms with van der Waals surface area (Å²) in [4.78, 5) is 0. The first-order valence-corrected chi connectivity index (χ1v) is 12.7. The van der Waals surface area contributed by atoms with Crippen LogP contribution in [0.15, 0.2) is 72.8 Å². The molecule has 0 fully saturated rings. The van der Waals surface area contributed by atoms with Gasteiger partial charge in [0.1, 0.15) is 0 Å². The summed E-state index contributed by atoms with van der Waals surface area (Å²) in [5.74, 6) is 2.92. The molecule has 3 aromatic carbocycles. The van der Waals surface area contributed by atoms with Gasteiger partial charge in [0.15, 0.2) is 0 Å². The predicted octanol–water partition coefficient (Wildman–Crippen LogP) is 5.49. The van der Waals surface area contributed by atoms with Crippen LogP contribution in [0.4, 0.5) is 0 Å². The Hall–Kier alpha value is -2.87. The molecule has 3 aromatic rings. The number of ether oxygens (including phenoxy) is 3. The summed E-state index contributed by atoms with van der Waals surface area (Å²) in [6.45, 7) is 3.78. The van der Waals surface area contributed by atoms with E-state index in [-0.39, 0.29) is 6.10 Å². The first-order chi connectivity index (χ1) is 15.5. The van der Waals surface area contributed by atoms with Crippen LogP contribution in [-0.2, 0) is 21.5 Å². The van der Waals surface area contributed by atoms with Crippen molar-refractivity contribution in [3.63, 3.8) is 0 Å². The number of rotatable bonds is 11. The van der Waals surface area contributed by atoms with E-state index >= 15 is 0 Å². The Morgan fingerprint density at radius 3 is 1.03 bits per heavy atom. The normalized spacial score (nSPS) is 11.1. The van der Waals surface area contributed by atoms with Crippen molar-refractivity contribution in [2.45, 2.75) is 20.0 Å². The minimum atomic E-state index is -4.64. The van der Waals surface area contributed by atoms with Crippen LogP contribution in [0.25, 0.3) is 0 Å². The van der Waals surface area contributed by atoms with Gasteiger partial charge in [0, 0.05) is 0 Å². The van der Waals surface area contributed by atoms with Gasteiger partial charge in [-0.05, 0) is 0 Å². The average Bonchev–Trinajstić information content (AvgIpc) is 2.79. The molecule has 0 amide bonds. The first kappa shape index (κ1) is 23.8. The van der Waals surface area contributed by atoms with Crippen molar-refractivity contribution in [2.24, 2.45) is 0 Å². The van der Waals surface area contributed by atoms with Crippen LogP contribution in [0.5, 0.6) is 34.5 Å². The van der Waals surface area contributed by atoms with E-state index in [9.17, 15) is 0 Å². The molecular weight excluding hydrogens is 448 g/mol. The monoisotopic (exact) mass is 476 g/mol. The second kappa shape index (κ2) is 11.1. The zero-order chi connectivity index (χ0) is 23.0. The Morgan fingerprint density at radius 2 is 0.781 bits per heavy atom. The fourth-order valence-corrected chi connectivity index (χ4v) is 6.31. The van der Waals surface area contributed by atoms with Crippen LogP contribution >= 0.6 is 0 Å². The van der Waals surface area contributed by atoms with Gasteiger partial charge in [0.05, 0.1) is 0 Å². The Kier molecular flexibility index (Phi) is 8.28. The first-order valence-electron chi connectivity index (χ1n) is 10.1. The molecule has 0 heterocycles. The van der Waals surface area contributed by atoms with Gasteiger partial charge in [0.2, 0.25) is 0 Å². The third-order valence-electron chi connectivity index (χ3n) is 4.29. The van der Waals surface area contributed by atoms with E-state index in [1.807, 2.05) is 50.2 Å². The summed E-state index contributed by atoms with van der Waals surface area (Å²) >= 11 is -4.64.